The van der Waals surface area contributed by atoms with Crippen LogP contribution in [0, 0.1) is 5.92 Å². The number of nitrogens with two attached hydrogens (primary N) is 1. The molecule has 22 heavy (non-hydrogen) atoms. The third kappa shape index (κ3) is 4.44. The van der Waals surface area contributed by atoms with Crippen LogP contribution >= 0.6 is 12.4 Å². The van der Waals surface area contributed by atoms with Crippen LogP contribution in [0.2, 0.25) is 0 Å². The number of amides is 1. The molecule has 1 aromatic carbocycles. The average Bonchev–Trinajstić information content (AvgIpc) is 3.00. The first-order valence-corrected chi connectivity index (χ1v) is 6.67. The van der Waals surface area contributed by atoms with Gasteiger partial charge in [-0.1, -0.05) is 12.1 Å². The fourth-order valence-electron chi connectivity index (χ4n) is 1.70. The number of rotatable bonds is 6. The van der Waals surface area contributed by atoms with Gasteiger partial charge in [-0.15, -0.1) is 17.5 Å². The molecule has 0 saturated heterocycles. The molecule has 8 heteroatoms. The minimum absolute atomic E-state index is 0. The number of ether oxygens (including phenoxy) is 1. The second-order valence-corrected chi connectivity index (χ2v) is 4.71. The Hall–Kier alpha value is -2.12. The Balaban J connectivity index is 0.00000242. The lowest BCUT2D eigenvalue weighted by molar-refractivity contribution is -0.124. The zero-order valence-electron chi connectivity index (χ0n) is 12.5. The van der Waals surface area contributed by atoms with Gasteiger partial charge in [0, 0.05) is 12.5 Å². The highest BCUT2D eigenvalue weighted by Gasteiger charge is 2.11. The van der Waals surface area contributed by atoms with Crippen LogP contribution in [0.25, 0.3) is 5.69 Å². The minimum Gasteiger partial charge on any atom is -0.497 e. The monoisotopic (exact) mass is 325 g/mol. The van der Waals surface area contributed by atoms with Crippen LogP contribution in [0.1, 0.15) is 12.6 Å². The first kappa shape index (κ1) is 17.9. The second kappa shape index (κ2) is 8.35. The summed E-state index contributed by atoms with van der Waals surface area (Å²) in [5, 5.41) is 10.8. The molecule has 1 heterocycles. The lowest BCUT2D eigenvalue weighted by Gasteiger charge is -2.07. The molecule has 1 amide bonds. The first-order chi connectivity index (χ1) is 10.1. The van der Waals surface area contributed by atoms with Crippen molar-refractivity contribution in [3.63, 3.8) is 0 Å². The van der Waals surface area contributed by atoms with Gasteiger partial charge in [0.2, 0.25) is 5.91 Å². The van der Waals surface area contributed by atoms with Crippen molar-refractivity contribution >= 4 is 18.3 Å². The quantitative estimate of drug-likeness (QED) is 0.823. The number of nitrogens with zero attached hydrogens (tertiary/aromatic N) is 3. The molecular weight excluding hydrogens is 306 g/mol. The highest BCUT2D eigenvalue weighted by Crippen LogP contribution is 2.14. The number of aromatic nitrogens is 3. The van der Waals surface area contributed by atoms with Gasteiger partial charge in [-0.05, 0) is 24.3 Å². The summed E-state index contributed by atoms with van der Waals surface area (Å²) in [4.78, 5) is 11.6. The molecule has 1 unspecified atom stereocenters. The highest BCUT2D eigenvalue weighted by molar-refractivity contribution is 5.85. The van der Waals surface area contributed by atoms with Crippen molar-refractivity contribution in [2.75, 3.05) is 13.7 Å². The van der Waals surface area contributed by atoms with Crippen molar-refractivity contribution in [3.8, 4) is 11.4 Å². The molecule has 7 nitrogen and oxygen atoms in total. The lowest BCUT2D eigenvalue weighted by Crippen LogP contribution is -2.32. The third-order valence-electron chi connectivity index (χ3n) is 3.12. The maximum Gasteiger partial charge on any atom is 0.224 e. The molecule has 0 saturated carbocycles. The molecule has 3 N–H and O–H groups in total. The molecule has 0 aliphatic carbocycles. The standard InChI is InChI=1S/C14H19N5O2.ClH/c1-10(7-15)14(20)16-8-11-9-19(18-17-11)12-3-5-13(21-2)6-4-12;/h3-6,9-10H,7-8,15H2,1-2H3,(H,16,20);1H. The van der Waals surface area contributed by atoms with E-state index in [9.17, 15) is 4.79 Å². The lowest BCUT2D eigenvalue weighted by atomic mass is 10.2. The van der Waals surface area contributed by atoms with Crippen LogP contribution in [0.15, 0.2) is 30.5 Å². The summed E-state index contributed by atoms with van der Waals surface area (Å²) in [5.74, 6) is 0.486. The molecule has 1 atom stereocenters. The summed E-state index contributed by atoms with van der Waals surface area (Å²) in [7, 11) is 1.62. The maximum atomic E-state index is 11.6. The Morgan fingerprint density at radius 3 is 2.68 bits per heavy atom. The van der Waals surface area contributed by atoms with Crippen LogP contribution < -0.4 is 15.8 Å². The summed E-state index contributed by atoms with van der Waals surface area (Å²) in [5.41, 5.74) is 7.00. The number of hydrogen-bond acceptors (Lipinski definition) is 5. The van der Waals surface area contributed by atoms with E-state index in [0.717, 1.165) is 11.4 Å². The third-order valence-corrected chi connectivity index (χ3v) is 3.12. The number of nitrogens with one attached hydrogen (secondary N) is 1. The molecule has 0 radical (unpaired) electrons. The Morgan fingerprint density at radius 2 is 2.09 bits per heavy atom. The highest BCUT2D eigenvalue weighted by atomic mass is 35.5. The van der Waals surface area contributed by atoms with Gasteiger partial charge >= 0.3 is 0 Å². The Labute approximate surface area is 135 Å². The van der Waals surface area contributed by atoms with Crippen molar-refractivity contribution in [1.82, 2.24) is 20.3 Å². The smallest absolute Gasteiger partial charge is 0.224 e. The van der Waals surface area contributed by atoms with Gasteiger partial charge in [-0.3, -0.25) is 4.79 Å². The predicted molar refractivity (Wildman–Crippen MR) is 85.2 cm³/mol. The van der Waals surface area contributed by atoms with Crippen LogP contribution in [-0.4, -0.2) is 34.6 Å². The zero-order valence-corrected chi connectivity index (χ0v) is 13.3. The van der Waals surface area contributed by atoms with Crippen LogP contribution in [-0.2, 0) is 11.3 Å². The Bertz CT molecular complexity index is 600. The van der Waals surface area contributed by atoms with Crippen molar-refractivity contribution in [2.45, 2.75) is 13.5 Å². The van der Waals surface area contributed by atoms with E-state index < -0.39 is 0 Å². The number of carbonyl (C=O) groups is 1. The van der Waals surface area contributed by atoms with E-state index in [4.69, 9.17) is 10.5 Å². The summed E-state index contributed by atoms with van der Waals surface area (Å²) >= 11 is 0. The van der Waals surface area contributed by atoms with Gasteiger partial charge in [0.25, 0.3) is 0 Å². The van der Waals surface area contributed by atoms with E-state index in [1.165, 1.54) is 0 Å². The van der Waals surface area contributed by atoms with Gasteiger partial charge < -0.3 is 15.8 Å². The number of hydrogen-bond donors (Lipinski definition) is 2. The minimum atomic E-state index is -0.207. The largest absolute Gasteiger partial charge is 0.497 e. The number of halogens is 1. The second-order valence-electron chi connectivity index (χ2n) is 4.71. The normalized spacial score (nSPS) is 11.4. The SMILES string of the molecule is COc1ccc(-n2cc(CNC(=O)C(C)CN)nn2)cc1.Cl. The van der Waals surface area contributed by atoms with Crippen molar-refractivity contribution < 1.29 is 9.53 Å². The Morgan fingerprint density at radius 1 is 1.41 bits per heavy atom. The summed E-state index contributed by atoms with van der Waals surface area (Å²) in [6.45, 7) is 2.44. The predicted octanol–water partition coefficient (Wildman–Crippen LogP) is 0.909. The van der Waals surface area contributed by atoms with Crippen LogP contribution in [0.3, 0.4) is 0 Å². The zero-order chi connectivity index (χ0) is 15.2. The molecule has 0 fully saturated rings. The van der Waals surface area contributed by atoms with Gasteiger partial charge in [0.15, 0.2) is 0 Å². The molecular formula is C14H20ClN5O2. The summed E-state index contributed by atoms with van der Waals surface area (Å²) in [6.07, 6.45) is 1.77. The van der Waals surface area contributed by atoms with Gasteiger partial charge in [0.05, 0.1) is 25.5 Å². The van der Waals surface area contributed by atoms with Crippen LogP contribution in [0.4, 0.5) is 0 Å². The fraction of sp³-hybridized carbons (Fsp3) is 0.357. The number of methoxy groups -OCH3 is 1. The van der Waals surface area contributed by atoms with E-state index in [1.54, 1.807) is 24.9 Å². The van der Waals surface area contributed by atoms with E-state index >= 15 is 0 Å². The van der Waals surface area contributed by atoms with E-state index in [-0.39, 0.29) is 24.2 Å². The maximum absolute atomic E-state index is 11.6. The van der Waals surface area contributed by atoms with Gasteiger partial charge in [0.1, 0.15) is 11.4 Å². The van der Waals surface area contributed by atoms with Crippen molar-refractivity contribution in [2.24, 2.45) is 11.7 Å². The summed E-state index contributed by atoms with van der Waals surface area (Å²) < 4.78 is 6.75. The molecule has 0 bridgehead atoms. The fourth-order valence-corrected chi connectivity index (χ4v) is 1.70. The first-order valence-electron chi connectivity index (χ1n) is 6.67. The van der Waals surface area contributed by atoms with E-state index in [0.29, 0.717) is 18.8 Å². The average molecular weight is 326 g/mol. The van der Waals surface area contributed by atoms with Crippen LogP contribution in [0.5, 0.6) is 5.75 Å². The van der Waals surface area contributed by atoms with Crippen molar-refractivity contribution in [1.29, 1.82) is 0 Å². The summed E-state index contributed by atoms with van der Waals surface area (Å²) in [6, 6.07) is 7.46. The van der Waals surface area contributed by atoms with E-state index in [1.807, 2.05) is 24.3 Å². The van der Waals surface area contributed by atoms with Crippen molar-refractivity contribution in [3.05, 3.63) is 36.2 Å². The Kier molecular flexibility index (Phi) is 6.81. The topological polar surface area (TPSA) is 95.1 Å². The molecule has 0 spiro atoms. The molecule has 120 valence electrons. The molecule has 0 aliphatic heterocycles. The van der Waals surface area contributed by atoms with Gasteiger partial charge in [-0.25, -0.2) is 4.68 Å². The number of benzene rings is 1. The van der Waals surface area contributed by atoms with Gasteiger partial charge in [-0.2, -0.15) is 0 Å². The van der Waals surface area contributed by atoms with E-state index in [2.05, 4.69) is 15.6 Å². The molecule has 2 aromatic rings. The molecule has 2 rings (SSSR count). The number of carbonyl (C=O) groups excluding carboxylic acids is 1. The molecule has 1 aromatic heterocycles. The molecule has 0 aliphatic rings.